The van der Waals surface area contributed by atoms with Gasteiger partial charge in [0.15, 0.2) is 0 Å². The van der Waals surface area contributed by atoms with E-state index in [4.69, 9.17) is 0 Å². The zero-order valence-electron chi connectivity index (χ0n) is 15.4. The molecule has 4 rings (SSSR count). The number of likely N-dealkylation sites (tertiary alicyclic amines) is 1. The van der Waals surface area contributed by atoms with Crippen LogP contribution in [0.2, 0.25) is 0 Å². The highest BCUT2D eigenvalue weighted by Gasteiger charge is 2.25. The van der Waals surface area contributed by atoms with E-state index in [1.54, 1.807) is 0 Å². The van der Waals surface area contributed by atoms with Crippen molar-refractivity contribution in [1.29, 1.82) is 0 Å². The molecule has 0 aliphatic carbocycles. The van der Waals surface area contributed by atoms with Crippen LogP contribution in [-0.2, 0) is 20.0 Å². The molecule has 0 bridgehead atoms. The van der Waals surface area contributed by atoms with Gasteiger partial charge in [-0.2, -0.15) is 0 Å². The number of hydrogen-bond acceptors (Lipinski definition) is 3. The van der Waals surface area contributed by atoms with Crippen molar-refractivity contribution in [2.24, 2.45) is 7.05 Å². The van der Waals surface area contributed by atoms with Gasteiger partial charge in [-0.05, 0) is 37.1 Å². The topological polar surface area (TPSA) is 34.0 Å². The lowest BCUT2D eigenvalue weighted by Gasteiger charge is -2.31. The Morgan fingerprint density at radius 1 is 0.846 bits per heavy atom. The van der Waals surface area contributed by atoms with Crippen LogP contribution in [0.5, 0.6) is 0 Å². The summed E-state index contributed by atoms with van der Waals surface area (Å²) in [5, 5.41) is 9.01. The third kappa shape index (κ3) is 3.86. The molecule has 0 unspecified atom stereocenters. The van der Waals surface area contributed by atoms with E-state index in [1.807, 2.05) is 0 Å². The SMILES string of the molecule is Cn1c(Cc2ccccc2)nnc1C1CCN(Cc2ccccc2)CC1. The minimum absolute atomic E-state index is 0.518. The van der Waals surface area contributed by atoms with Gasteiger partial charge in [-0.1, -0.05) is 60.7 Å². The maximum Gasteiger partial charge on any atom is 0.137 e. The van der Waals surface area contributed by atoms with E-state index < -0.39 is 0 Å². The molecule has 1 aromatic heterocycles. The monoisotopic (exact) mass is 346 g/mol. The minimum atomic E-state index is 0.518. The Balaban J connectivity index is 1.37. The Hall–Kier alpha value is -2.46. The van der Waals surface area contributed by atoms with Gasteiger partial charge in [0.2, 0.25) is 0 Å². The summed E-state index contributed by atoms with van der Waals surface area (Å²) in [6.07, 6.45) is 3.16. The van der Waals surface area contributed by atoms with Gasteiger partial charge in [-0.25, -0.2) is 0 Å². The van der Waals surface area contributed by atoms with Crippen LogP contribution in [0.15, 0.2) is 60.7 Å². The Labute approximate surface area is 155 Å². The van der Waals surface area contributed by atoms with Crippen molar-refractivity contribution in [3.8, 4) is 0 Å². The van der Waals surface area contributed by atoms with Gasteiger partial charge in [0.25, 0.3) is 0 Å². The number of aromatic nitrogens is 3. The molecule has 1 aliphatic rings. The van der Waals surface area contributed by atoms with E-state index >= 15 is 0 Å². The lowest BCUT2D eigenvalue weighted by Crippen LogP contribution is -2.33. The van der Waals surface area contributed by atoms with Crippen LogP contribution in [0.1, 0.15) is 41.5 Å². The van der Waals surface area contributed by atoms with E-state index in [-0.39, 0.29) is 0 Å². The molecule has 0 spiro atoms. The van der Waals surface area contributed by atoms with Gasteiger partial charge >= 0.3 is 0 Å². The molecule has 2 heterocycles. The zero-order valence-corrected chi connectivity index (χ0v) is 15.4. The van der Waals surface area contributed by atoms with E-state index in [0.717, 1.165) is 50.5 Å². The predicted octanol–water partition coefficient (Wildman–Crippen LogP) is 3.79. The molecule has 4 heteroatoms. The molecule has 1 fully saturated rings. The summed E-state index contributed by atoms with van der Waals surface area (Å²) in [5.74, 6) is 2.72. The molecule has 2 aromatic carbocycles. The van der Waals surface area contributed by atoms with Crippen molar-refractivity contribution in [2.45, 2.75) is 31.7 Å². The van der Waals surface area contributed by atoms with Gasteiger partial charge in [-0.3, -0.25) is 4.90 Å². The van der Waals surface area contributed by atoms with Crippen molar-refractivity contribution in [2.75, 3.05) is 13.1 Å². The summed E-state index contributed by atoms with van der Waals surface area (Å²) in [4.78, 5) is 2.55. The first kappa shape index (κ1) is 17.0. The van der Waals surface area contributed by atoms with Gasteiger partial charge in [0.05, 0.1) is 0 Å². The van der Waals surface area contributed by atoms with Gasteiger partial charge < -0.3 is 4.57 Å². The van der Waals surface area contributed by atoms with E-state index in [1.165, 1.54) is 11.1 Å². The third-order valence-electron chi connectivity index (χ3n) is 5.41. The second-order valence-electron chi connectivity index (χ2n) is 7.23. The van der Waals surface area contributed by atoms with Crippen LogP contribution in [0.3, 0.4) is 0 Å². The van der Waals surface area contributed by atoms with Crippen molar-refractivity contribution in [3.05, 3.63) is 83.4 Å². The van der Waals surface area contributed by atoms with Crippen molar-refractivity contribution < 1.29 is 0 Å². The largest absolute Gasteiger partial charge is 0.318 e. The first-order valence-corrected chi connectivity index (χ1v) is 9.48. The minimum Gasteiger partial charge on any atom is -0.318 e. The molecule has 0 radical (unpaired) electrons. The fourth-order valence-electron chi connectivity index (χ4n) is 3.85. The van der Waals surface area contributed by atoms with Crippen LogP contribution in [0.25, 0.3) is 0 Å². The Morgan fingerprint density at radius 2 is 1.46 bits per heavy atom. The molecule has 4 nitrogen and oxygen atoms in total. The molecular weight excluding hydrogens is 320 g/mol. The second kappa shape index (κ2) is 7.83. The Morgan fingerprint density at radius 3 is 2.12 bits per heavy atom. The lowest BCUT2D eigenvalue weighted by molar-refractivity contribution is 0.200. The fourth-order valence-corrected chi connectivity index (χ4v) is 3.85. The maximum atomic E-state index is 4.54. The van der Waals surface area contributed by atoms with E-state index in [0.29, 0.717) is 5.92 Å². The van der Waals surface area contributed by atoms with Crippen LogP contribution in [0, 0.1) is 0 Å². The normalized spacial score (nSPS) is 16.0. The molecule has 0 N–H and O–H groups in total. The summed E-state index contributed by atoms with van der Waals surface area (Å²) in [7, 11) is 2.12. The summed E-state index contributed by atoms with van der Waals surface area (Å²) in [5.41, 5.74) is 2.68. The number of rotatable bonds is 5. The van der Waals surface area contributed by atoms with Crippen LogP contribution in [0.4, 0.5) is 0 Å². The molecular formula is C22H26N4. The fraction of sp³-hybridized carbons (Fsp3) is 0.364. The molecule has 1 saturated heterocycles. The second-order valence-corrected chi connectivity index (χ2v) is 7.23. The molecule has 134 valence electrons. The van der Waals surface area contributed by atoms with Crippen molar-refractivity contribution in [3.63, 3.8) is 0 Å². The van der Waals surface area contributed by atoms with Gasteiger partial charge in [-0.15, -0.1) is 10.2 Å². The Bertz CT molecular complexity index is 818. The summed E-state index contributed by atoms with van der Waals surface area (Å²) in [6.45, 7) is 3.30. The predicted molar refractivity (Wildman–Crippen MR) is 104 cm³/mol. The lowest BCUT2D eigenvalue weighted by atomic mass is 9.95. The maximum absolute atomic E-state index is 4.54. The average Bonchev–Trinajstić information content (AvgIpc) is 3.05. The van der Waals surface area contributed by atoms with Crippen molar-refractivity contribution in [1.82, 2.24) is 19.7 Å². The smallest absolute Gasteiger partial charge is 0.137 e. The van der Waals surface area contributed by atoms with E-state index in [2.05, 4.69) is 87.4 Å². The van der Waals surface area contributed by atoms with Crippen LogP contribution in [-0.4, -0.2) is 32.8 Å². The first-order chi connectivity index (χ1) is 12.8. The molecule has 26 heavy (non-hydrogen) atoms. The molecule has 0 saturated carbocycles. The van der Waals surface area contributed by atoms with Crippen LogP contribution < -0.4 is 0 Å². The number of nitrogens with zero attached hydrogens (tertiary/aromatic N) is 4. The number of hydrogen-bond donors (Lipinski definition) is 0. The quantitative estimate of drug-likeness (QED) is 0.705. The Kier molecular flexibility index (Phi) is 5.12. The first-order valence-electron chi connectivity index (χ1n) is 9.48. The van der Waals surface area contributed by atoms with Gasteiger partial charge in [0.1, 0.15) is 11.6 Å². The summed E-state index contributed by atoms with van der Waals surface area (Å²) >= 11 is 0. The van der Waals surface area contributed by atoms with Gasteiger partial charge in [0, 0.05) is 25.9 Å². The molecule has 0 amide bonds. The van der Waals surface area contributed by atoms with Crippen LogP contribution >= 0.6 is 0 Å². The third-order valence-corrected chi connectivity index (χ3v) is 5.41. The number of piperidine rings is 1. The molecule has 1 aliphatic heterocycles. The number of benzene rings is 2. The highest BCUT2D eigenvalue weighted by atomic mass is 15.3. The highest BCUT2D eigenvalue weighted by molar-refractivity contribution is 5.20. The molecule has 0 atom stereocenters. The summed E-state index contributed by atoms with van der Waals surface area (Å²) in [6, 6.07) is 21.3. The van der Waals surface area contributed by atoms with E-state index in [9.17, 15) is 0 Å². The zero-order chi connectivity index (χ0) is 17.8. The highest BCUT2D eigenvalue weighted by Crippen LogP contribution is 2.27. The average molecular weight is 346 g/mol. The van der Waals surface area contributed by atoms with Crippen molar-refractivity contribution >= 4 is 0 Å². The molecule has 3 aromatic rings. The summed E-state index contributed by atoms with van der Waals surface area (Å²) < 4.78 is 2.21. The standard InChI is InChI=1S/C22H26N4/c1-25-21(16-18-8-4-2-5-9-18)23-24-22(25)20-12-14-26(15-13-20)17-19-10-6-3-7-11-19/h2-11,20H,12-17H2,1H3.